The van der Waals surface area contributed by atoms with E-state index in [1.165, 1.54) is 36.4 Å². The van der Waals surface area contributed by atoms with Gasteiger partial charge in [0.1, 0.15) is 6.61 Å². The Kier molecular flexibility index (Phi) is 6.29. The molecule has 0 bridgehead atoms. The molecule has 0 aliphatic rings. The third kappa shape index (κ3) is 5.55. The molecule has 2 rings (SSSR count). The number of benzene rings is 2. The zero-order chi connectivity index (χ0) is 19.2. The van der Waals surface area contributed by atoms with Crippen LogP contribution >= 0.6 is 0 Å². The molecule has 0 aliphatic carbocycles. The van der Waals surface area contributed by atoms with Crippen LogP contribution in [-0.4, -0.2) is 25.1 Å². The van der Waals surface area contributed by atoms with Crippen molar-refractivity contribution in [3.8, 4) is 0 Å². The number of esters is 1. The largest absolute Gasteiger partial charge is 0.457 e. The molecule has 0 spiro atoms. The lowest BCUT2D eigenvalue weighted by molar-refractivity contribution is -0.384. The highest BCUT2D eigenvalue weighted by molar-refractivity contribution is 7.92. The van der Waals surface area contributed by atoms with Gasteiger partial charge in [-0.1, -0.05) is 13.0 Å². The summed E-state index contributed by atoms with van der Waals surface area (Å²) in [5.74, 6) is -0.637. The molecule has 0 radical (unpaired) electrons. The number of nitro benzene ring substituents is 1. The zero-order valence-electron chi connectivity index (χ0n) is 14.0. The molecule has 26 heavy (non-hydrogen) atoms. The van der Waals surface area contributed by atoms with Crippen LogP contribution < -0.4 is 4.72 Å². The van der Waals surface area contributed by atoms with Gasteiger partial charge in [0.15, 0.2) is 0 Å². The van der Waals surface area contributed by atoms with Crippen LogP contribution in [0, 0.1) is 10.1 Å². The van der Waals surface area contributed by atoms with Crippen molar-refractivity contribution >= 4 is 27.4 Å². The van der Waals surface area contributed by atoms with E-state index in [1.54, 1.807) is 19.1 Å². The van der Waals surface area contributed by atoms with E-state index in [2.05, 4.69) is 4.72 Å². The van der Waals surface area contributed by atoms with Crippen molar-refractivity contribution in [1.29, 1.82) is 0 Å². The molecule has 9 heteroatoms. The Hall–Kier alpha value is -2.94. The van der Waals surface area contributed by atoms with Crippen molar-refractivity contribution < 1.29 is 22.9 Å². The Morgan fingerprint density at radius 2 is 1.88 bits per heavy atom. The molecular weight excluding hydrogens is 360 g/mol. The Morgan fingerprint density at radius 3 is 2.50 bits per heavy atom. The van der Waals surface area contributed by atoms with Crippen LogP contribution in [0.1, 0.15) is 29.3 Å². The highest BCUT2D eigenvalue weighted by atomic mass is 32.2. The summed E-state index contributed by atoms with van der Waals surface area (Å²) in [6.45, 7) is 1.70. The summed E-state index contributed by atoms with van der Waals surface area (Å²) in [5, 5.41) is 10.6. The number of sulfonamides is 1. The fourth-order valence-corrected chi connectivity index (χ4v) is 3.28. The van der Waals surface area contributed by atoms with Gasteiger partial charge in [-0.25, -0.2) is 13.2 Å². The van der Waals surface area contributed by atoms with E-state index in [0.717, 1.165) is 0 Å². The molecule has 0 aliphatic heterocycles. The number of ether oxygens (including phenoxy) is 1. The average molecular weight is 378 g/mol. The fourth-order valence-electron chi connectivity index (χ4n) is 2.16. The minimum atomic E-state index is -3.45. The van der Waals surface area contributed by atoms with Crippen molar-refractivity contribution in [3.05, 3.63) is 69.8 Å². The molecule has 0 unspecified atom stereocenters. The summed E-state index contributed by atoms with van der Waals surface area (Å²) in [5.41, 5.74) is 1.03. The van der Waals surface area contributed by atoms with Gasteiger partial charge in [-0.05, 0) is 42.3 Å². The predicted octanol–water partition coefficient (Wildman–Crippen LogP) is 3.10. The van der Waals surface area contributed by atoms with E-state index >= 15 is 0 Å². The maximum absolute atomic E-state index is 12.1. The van der Waals surface area contributed by atoms with E-state index in [-0.39, 0.29) is 29.3 Å². The Morgan fingerprint density at radius 1 is 1.19 bits per heavy atom. The second-order valence-corrected chi connectivity index (χ2v) is 7.34. The van der Waals surface area contributed by atoms with Crippen molar-refractivity contribution in [2.45, 2.75) is 20.0 Å². The second kappa shape index (κ2) is 8.43. The first kappa shape index (κ1) is 19.4. The first-order chi connectivity index (χ1) is 12.3. The number of hydrogen-bond donors (Lipinski definition) is 1. The van der Waals surface area contributed by atoms with Crippen molar-refractivity contribution in [1.82, 2.24) is 0 Å². The summed E-state index contributed by atoms with van der Waals surface area (Å²) in [7, 11) is -3.45. The second-order valence-electron chi connectivity index (χ2n) is 5.50. The number of rotatable bonds is 8. The van der Waals surface area contributed by atoms with Crippen LogP contribution in [-0.2, 0) is 21.4 Å². The Balaban J connectivity index is 2.01. The molecule has 0 heterocycles. The lowest BCUT2D eigenvalue weighted by Crippen LogP contribution is -2.16. The third-order valence-corrected chi connectivity index (χ3v) is 4.85. The quantitative estimate of drug-likeness (QED) is 0.429. The van der Waals surface area contributed by atoms with E-state index in [4.69, 9.17) is 4.74 Å². The summed E-state index contributed by atoms with van der Waals surface area (Å²) in [6.07, 6.45) is 0.478. The van der Waals surface area contributed by atoms with E-state index < -0.39 is 20.9 Å². The van der Waals surface area contributed by atoms with Crippen LogP contribution in [0.5, 0.6) is 0 Å². The highest BCUT2D eigenvalue weighted by Crippen LogP contribution is 2.16. The van der Waals surface area contributed by atoms with Crippen molar-refractivity contribution in [2.75, 3.05) is 10.5 Å². The monoisotopic (exact) mass is 378 g/mol. The topological polar surface area (TPSA) is 116 Å². The summed E-state index contributed by atoms with van der Waals surface area (Å²) >= 11 is 0. The first-order valence-corrected chi connectivity index (χ1v) is 9.47. The standard InChI is InChI=1S/C17H18N2O6S/c1-2-10-26(23,24)18-15-5-3-4-14(11-15)17(20)25-12-13-6-8-16(9-7-13)19(21)22/h3-9,11,18H,2,10,12H2,1H3. The molecule has 0 saturated carbocycles. The number of nitrogens with one attached hydrogen (secondary N) is 1. The summed E-state index contributed by atoms with van der Waals surface area (Å²) < 4.78 is 31.2. The van der Waals surface area contributed by atoms with E-state index in [0.29, 0.717) is 12.0 Å². The van der Waals surface area contributed by atoms with Gasteiger partial charge in [0.2, 0.25) is 10.0 Å². The molecular formula is C17H18N2O6S. The molecule has 8 nitrogen and oxygen atoms in total. The zero-order valence-corrected chi connectivity index (χ0v) is 14.9. The van der Waals surface area contributed by atoms with Gasteiger partial charge in [-0.3, -0.25) is 14.8 Å². The Bertz CT molecular complexity index is 894. The van der Waals surface area contributed by atoms with Gasteiger partial charge < -0.3 is 4.74 Å². The number of carbonyl (C=O) groups is 1. The predicted molar refractivity (Wildman–Crippen MR) is 96.4 cm³/mol. The summed E-state index contributed by atoms with van der Waals surface area (Å²) in [6, 6.07) is 11.6. The molecule has 2 aromatic carbocycles. The smallest absolute Gasteiger partial charge is 0.338 e. The van der Waals surface area contributed by atoms with Crippen LogP contribution in [0.4, 0.5) is 11.4 Å². The number of anilines is 1. The van der Waals surface area contributed by atoms with Crippen LogP contribution in [0.3, 0.4) is 0 Å². The Labute approximate surface area is 151 Å². The van der Waals surface area contributed by atoms with Gasteiger partial charge in [0, 0.05) is 17.8 Å². The van der Waals surface area contributed by atoms with Crippen LogP contribution in [0.15, 0.2) is 48.5 Å². The molecule has 0 saturated heterocycles. The molecule has 0 fully saturated rings. The van der Waals surface area contributed by atoms with E-state index in [1.807, 2.05) is 0 Å². The minimum Gasteiger partial charge on any atom is -0.457 e. The molecule has 0 amide bonds. The highest BCUT2D eigenvalue weighted by Gasteiger charge is 2.12. The van der Waals surface area contributed by atoms with Gasteiger partial charge in [-0.15, -0.1) is 0 Å². The number of hydrogen-bond acceptors (Lipinski definition) is 6. The maximum atomic E-state index is 12.1. The van der Waals surface area contributed by atoms with Crippen LogP contribution in [0.25, 0.3) is 0 Å². The number of non-ortho nitro benzene ring substituents is 1. The van der Waals surface area contributed by atoms with E-state index in [9.17, 15) is 23.3 Å². The summed E-state index contributed by atoms with van der Waals surface area (Å²) in [4.78, 5) is 22.2. The van der Waals surface area contributed by atoms with Gasteiger partial charge in [-0.2, -0.15) is 0 Å². The maximum Gasteiger partial charge on any atom is 0.338 e. The lowest BCUT2D eigenvalue weighted by Gasteiger charge is -2.09. The first-order valence-electron chi connectivity index (χ1n) is 7.82. The lowest BCUT2D eigenvalue weighted by atomic mass is 10.2. The van der Waals surface area contributed by atoms with Crippen molar-refractivity contribution in [3.63, 3.8) is 0 Å². The molecule has 2 aromatic rings. The normalized spacial score (nSPS) is 11.0. The average Bonchev–Trinajstić information content (AvgIpc) is 2.59. The molecule has 1 N–H and O–H groups in total. The number of nitrogens with zero attached hydrogens (tertiary/aromatic N) is 1. The third-order valence-electron chi connectivity index (χ3n) is 3.36. The van der Waals surface area contributed by atoms with Crippen molar-refractivity contribution in [2.24, 2.45) is 0 Å². The van der Waals surface area contributed by atoms with Crippen LogP contribution in [0.2, 0.25) is 0 Å². The minimum absolute atomic E-state index is 0.0121. The number of carbonyl (C=O) groups excluding carboxylic acids is 1. The van der Waals surface area contributed by atoms with Gasteiger partial charge in [0.05, 0.1) is 16.2 Å². The SMILES string of the molecule is CCCS(=O)(=O)Nc1cccc(C(=O)OCc2ccc([N+](=O)[O-])cc2)c1. The van der Waals surface area contributed by atoms with Gasteiger partial charge in [0.25, 0.3) is 5.69 Å². The van der Waals surface area contributed by atoms with Gasteiger partial charge >= 0.3 is 5.97 Å². The fraction of sp³-hybridized carbons (Fsp3) is 0.235. The molecule has 0 atom stereocenters. The molecule has 138 valence electrons. The molecule has 0 aromatic heterocycles. The number of nitro groups is 1.